The van der Waals surface area contributed by atoms with Crippen molar-refractivity contribution in [3.8, 4) is 11.4 Å². The second-order valence-electron chi connectivity index (χ2n) is 8.98. The number of likely N-dealkylation sites (tertiary alicyclic amines) is 1. The number of amides is 1. The Morgan fingerprint density at radius 2 is 1.73 bits per heavy atom. The molecule has 1 saturated heterocycles. The average Bonchev–Trinajstić information content (AvgIpc) is 3.25. The molecule has 33 heavy (non-hydrogen) atoms. The molecule has 0 unspecified atom stereocenters. The first-order valence-electron chi connectivity index (χ1n) is 12.0. The molecule has 0 radical (unpaired) electrons. The van der Waals surface area contributed by atoms with Crippen molar-refractivity contribution in [3.05, 3.63) is 77.1 Å². The largest absolute Gasteiger partial charge is 0.497 e. The molecule has 0 atom stereocenters. The molecule has 2 aromatic carbocycles. The van der Waals surface area contributed by atoms with E-state index < -0.39 is 0 Å². The molecule has 0 N–H and O–H groups in total. The first-order valence-corrected chi connectivity index (χ1v) is 12.0. The third-order valence-corrected chi connectivity index (χ3v) is 7.03. The topological polar surface area (TPSA) is 50.6 Å². The maximum atomic E-state index is 13.8. The normalized spacial score (nSPS) is 17.3. The Morgan fingerprint density at radius 1 is 1.00 bits per heavy atom. The highest BCUT2D eigenvalue weighted by Gasteiger charge is 2.36. The van der Waals surface area contributed by atoms with Crippen LogP contribution in [0, 0.1) is 0 Å². The summed E-state index contributed by atoms with van der Waals surface area (Å²) in [6.07, 6.45) is 3.75. The van der Waals surface area contributed by atoms with Gasteiger partial charge in [-0.2, -0.15) is 5.10 Å². The molecule has 3 aromatic rings. The summed E-state index contributed by atoms with van der Waals surface area (Å²) in [6, 6.07) is 18.7. The van der Waals surface area contributed by atoms with Crippen molar-refractivity contribution < 1.29 is 9.53 Å². The van der Waals surface area contributed by atoms with Crippen LogP contribution >= 0.6 is 0 Å². The van der Waals surface area contributed by atoms with Gasteiger partial charge in [-0.15, -0.1) is 0 Å². The third-order valence-electron chi connectivity index (χ3n) is 7.03. The molecular formula is C27H32N4O2. The van der Waals surface area contributed by atoms with Crippen LogP contribution in [0.3, 0.4) is 0 Å². The van der Waals surface area contributed by atoms with E-state index in [1.807, 2.05) is 28.9 Å². The Balaban J connectivity index is 1.33. The summed E-state index contributed by atoms with van der Waals surface area (Å²) in [5.41, 5.74) is 5.15. The third kappa shape index (κ3) is 4.27. The number of rotatable bonds is 6. The minimum atomic E-state index is 0.126. The average molecular weight is 445 g/mol. The first-order chi connectivity index (χ1) is 16.2. The second kappa shape index (κ2) is 9.40. The fourth-order valence-corrected chi connectivity index (χ4v) is 5.22. The van der Waals surface area contributed by atoms with E-state index in [0.29, 0.717) is 6.04 Å². The smallest absolute Gasteiger partial charge is 0.273 e. The molecule has 5 rings (SSSR count). The lowest BCUT2D eigenvalue weighted by Crippen LogP contribution is -2.50. The van der Waals surface area contributed by atoms with Crippen molar-refractivity contribution in [1.82, 2.24) is 19.6 Å². The molecule has 1 fully saturated rings. The van der Waals surface area contributed by atoms with Crippen molar-refractivity contribution in [3.63, 3.8) is 0 Å². The van der Waals surface area contributed by atoms with E-state index in [4.69, 9.17) is 9.84 Å². The van der Waals surface area contributed by atoms with Gasteiger partial charge in [-0.1, -0.05) is 37.3 Å². The molecule has 2 aliphatic rings. The molecule has 1 aromatic heterocycles. The van der Waals surface area contributed by atoms with Gasteiger partial charge in [0, 0.05) is 37.8 Å². The summed E-state index contributed by atoms with van der Waals surface area (Å²) in [5, 5.41) is 4.85. The molecule has 3 heterocycles. The minimum Gasteiger partial charge on any atom is -0.497 e. The number of hydrogen-bond acceptors (Lipinski definition) is 4. The molecule has 172 valence electrons. The first kappa shape index (κ1) is 21.7. The molecule has 6 heteroatoms. The van der Waals surface area contributed by atoms with Crippen molar-refractivity contribution >= 4 is 5.91 Å². The highest BCUT2D eigenvalue weighted by atomic mass is 16.5. The number of piperidine rings is 1. The highest BCUT2D eigenvalue weighted by Crippen LogP contribution is 2.30. The quantitative estimate of drug-likeness (QED) is 0.574. The summed E-state index contributed by atoms with van der Waals surface area (Å²) in [5.74, 6) is 0.923. The zero-order valence-electron chi connectivity index (χ0n) is 19.5. The Kier molecular flexibility index (Phi) is 6.18. The Labute approximate surface area is 195 Å². The molecule has 0 saturated carbocycles. The Bertz CT molecular complexity index is 1100. The number of aryl methyl sites for hydroxylation is 1. The van der Waals surface area contributed by atoms with E-state index in [1.165, 1.54) is 5.56 Å². The number of methoxy groups -OCH3 is 1. The summed E-state index contributed by atoms with van der Waals surface area (Å²) in [6.45, 7) is 5.93. The van der Waals surface area contributed by atoms with E-state index in [1.54, 1.807) is 7.11 Å². The molecule has 2 aliphatic heterocycles. The lowest BCUT2D eigenvalue weighted by atomic mass is 9.96. The molecule has 1 amide bonds. The SMILES string of the molecule is CCc1nn(-c2ccc(OC)cc2)c2c1CCN(C1CCN(Cc3ccccc3)CC1)C2=O. The lowest BCUT2D eigenvalue weighted by Gasteiger charge is -2.40. The number of benzene rings is 2. The molecule has 0 aliphatic carbocycles. The minimum absolute atomic E-state index is 0.126. The van der Waals surface area contributed by atoms with E-state index in [9.17, 15) is 4.79 Å². The number of fused-ring (bicyclic) bond motifs is 1. The van der Waals surface area contributed by atoms with E-state index in [-0.39, 0.29) is 5.91 Å². The predicted octanol–water partition coefficient (Wildman–Crippen LogP) is 4.11. The standard InChI is InChI=1S/C27H32N4O2/c1-3-25-24-15-18-30(21-13-16-29(17-14-21)19-20-7-5-4-6-8-20)27(32)26(24)31(28-25)22-9-11-23(33-2)12-10-22/h4-12,21H,3,13-19H2,1-2H3. The lowest BCUT2D eigenvalue weighted by molar-refractivity contribution is 0.0537. The maximum absolute atomic E-state index is 13.8. The highest BCUT2D eigenvalue weighted by molar-refractivity contribution is 5.96. The maximum Gasteiger partial charge on any atom is 0.273 e. The molecule has 6 nitrogen and oxygen atoms in total. The fourth-order valence-electron chi connectivity index (χ4n) is 5.22. The number of nitrogens with zero attached hydrogens (tertiary/aromatic N) is 4. The number of carbonyl (C=O) groups is 1. The Hall–Kier alpha value is -3.12. The van der Waals surface area contributed by atoms with Crippen LogP contribution in [0.4, 0.5) is 0 Å². The molecule has 0 spiro atoms. The van der Waals surface area contributed by atoms with Crippen molar-refractivity contribution in [2.45, 2.75) is 45.2 Å². The zero-order valence-corrected chi connectivity index (χ0v) is 19.5. The summed E-state index contributed by atoms with van der Waals surface area (Å²) in [7, 11) is 1.66. The fraction of sp³-hybridized carbons (Fsp3) is 0.407. The van der Waals surface area contributed by atoms with Gasteiger partial charge in [0.15, 0.2) is 0 Å². The van der Waals surface area contributed by atoms with Crippen LogP contribution in [0.15, 0.2) is 54.6 Å². The van der Waals surface area contributed by atoms with Crippen LogP contribution in [0.1, 0.15) is 47.1 Å². The van der Waals surface area contributed by atoms with E-state index >= 15 is 0 Å². The van der Waals surface area contributed by atoms with Crippen LogP contribution < -0.4 is 4.74 Å². The van der Waals surface area contributed by atoms with Gasteiger partial charge in [0.25, 0.3) is 5.91 Å². The summed E-state index contributed by atoms with van der Waals surface area (Å²) < 4.78 is 7.15. The van der Waals surface area contributed by atoms with Crippen LogP contribution in [0.5, 0.6) is 5.75 Å². The van der Waals surface area contributed by atoms with Gasteiger partial charge in [-0.25, -0.2) is 4.68 Å². The van der Waals surface area contributed by atoms with Gasteiger partial charge < -0.3 is 9.64 Å². The number of carbonyl (C=O) groups excluding carboxylic acids is 1. The van der Waals surface area contributed by atoms with Crippen molar-refractivity contribution in [2.24, 2.45) is 0 Å². The summed E-state index contributed by atoms with van der Waals surface area (Å²) >= 11 is 0. The second-order valence-corrected chi connectivity index (χ2v) is 8.98. The molecule has 0 bridgehead atoms. The van der Waals surface area contributed by atoms with Crippen LogP contribution in [-0.4, -0.2) is 58.3 Å². The Morgan fingerprint density at radius 3 is 2.39 bits per heavy atom. The van der Waals surface area contributed by atoms with Crippen LogP contribution in [0.25, 0.3) is 5.69 Å². The summed E-state index contributed by atoms with van der Waals surface area (Å²) in [4.78, 5) is 18.4. The molecular weight excluding hydrogens is 412 g/mol. The number of hydrogen-bond donors (Lipinski definition) is 0. The zero-order chi connectivity index (χ0) is 22.8. The van der Waals surface area contributed by atoms with Gasteiger partial charge in [0.05, 0.1) is 18.5 Å². The van der Waals surface area contributed by atoms with E-state index in [0.717, 1.165) is 80.3 Å². The monoisotopic (exact) mass is 444 g/mol. The van der Waals surface area contributed by atoms with Crippen molar-refractivity contribution in [2.75, 3.05) is 26.7 Å². The van der Waals surface area contributed by atoms with Gasteiger partial charge >= 0.3 is 0 Å². The van der Waals surface area contributed by atoms with Crippen molar-refractivity contribution in [1.29, 1.82) is 0 Å². The van der Waals surface area contributed by atoms with Gasteiger partial charge in [0.2, 0.25) is 0 Å². The van der Waals surface area contributed by atoms with Gasteiger partial charge in [-0.05, 0) is 55.5 Å². The number of ether oxygens (including phenoxy) is 1. The van der Waals surface area contributed by atoms with Gasteiger partial charge in [-0.3, -0.25) is 9.69 Å². The van der Waals surface area contributed by atoms with E-state index in [2.05, 4.69) is 47.1 Å². The predicted molar refractivity (Wildman–Crippen MR) is 129 cm³/mol. The van der Waals surface area contributed by atoms with Crippen LogP contribution in [-0.2, 0) is 19.4 Å². The van der Waals surface area contributed by atoms with Gasteiger partial charge in [0.1, 0.15) is 11.4 Å². The number of aromatic nitrogens is 2. The van der Waals surface area contributed by atoms with Crippen LogP contribution in [0.2, 0.25) is 0 Å².